The first kappa shape index (κ1) is 29.4. The number of rotatable bonds is 13. The maximum absolute atomic E-state index is 15.2. The van der Waals surface area contributed by atoms with E-state index in [9.17, 15) is 8.78 Å². The molecule has 3 aromatic carbocycles. The summed E-state index contributed by atoms with van der Waals surface area (Å²) in [5.41, 5.74) is 3.72. The zero-order valence-electron chi connectivity index (χ0n) is 23.6. The molecule has 0 aromatic heterocycles. The molecule has 0 amide bonds. The number of halogens is 3. The third-order valence-corrected chi connectivity index (χ3v) is 8.21. The van der Waals surface area contributed by atoms with E-state index < -0.39 is 11.6 Å². The van der Waals surface area contributed by atoms with E-state index in [4.69, 9.17) is 4.74 Å². The Hall–Kier alpha value is -2.59. The van der Waals surface area contributed by atoms with E-state index in [1.165, 1.54) is 6.42 Å². The highest BCUT2D eigenvalue weighted by atomic mass is 19.2. The minimum Gasteiger partial charge on any atom is -0.378 e. The van der Waals surface area contributed by atoms with Crippen LogP contribution < -0.4 is 0 Å². The Labute approximate surface area is 232 Å². The summed E-state index contributed by atoms with van der Waals surface area (Å²) in [6.07, 6.45) is 12.3. The van der Waals surface area contributed by atoms with E-state index in [1.807, 2.05) is 24.3 Å². The van der Waals surface area contributed by atoms with Gasteiger partial charge in [-0.15, -0.1) is 0 Å². The van der Waals surface area contributed by atoms with Crippen LogP contribution in [0.4, 0.5) is 13.2 Å². The summed E-state index contributed by atoms with van der Waals surface area (Å²) in [6, 6.07) is 16.1. The van der Waals surface area contributed by atoms with Gasteiger partial charge in [-0.05, 0) is 84.7 Å². The van der Waals surface area contributed by atoms with Gasteiger partial charge >= 0.3 is 0 Å². The standard InChI is InChI=1S/C35H43F3O/c1-3-5-7-8-9-10-28-17-22-32(35(38)34(28)37)27-13-11-25(12-14-27)29-18-21-31(33(36)24-29)26-15-19-30(20-16-26)39-23-6-4-2/h11-14,17-18,21-22,24,26,30H,3-10,15-16,19-20,23H2,1-2H3. The fourth-order valence-electron chi connectivity index (χ4n) is 5.74. The summed E-state index contributed by atoms with van der Waals surface area (Å²) < 4.78 is 50.9. The van der Waals surface area contributed by atoms with E-state index in [0.29, 0.717) is 23.7 Å². The van der Waals surface area contributed by atoms with Gasteiger partial charge in [0.2, 0.25) is 0 Å². The summed E-state index contributed by atoms with van der Waals surface area (Å²) in [7, 11) is 0. The van der Waals surface area contributed by atoms with Crippen LogP contribution in [0.15, 0.2) is 54.6 Å². The van der Waals surface area contributed by atoms with Gasteiger partial charge in [0, 0.05) is 12.2 Å². The number of ether oxygens (including phenoxy) is 1. The van der Waals surface area contributed by atoms with Crippen LogP contribution in [0, 0.1) is 17.5 Å². The molecule has 0 saturated heterocycles. The lowest BCUT2D eigenvalue weighted by Crippen LogP contribution is -2.21. The van der Waals surface area contributed by atoms with Crippen LogP contribution in [-0.4, -0.2) is 12.7 Å². The molecule has 4 heteroatoms. The maximum Gasteiger partial charge on any atom is 0.166 e. The highest BCUT2D eigenvalue weighted by molar-refractivity contribution is 5.71. The van der Waals surface area contributed by atoms with Gasteiger partial charge in [0.25, 0.3) is 0 Å². The third-order valence-electron chi connectivity index (χ3n) is 8.21. The first-order valence-electron chi connectivity index (χ1n) is 15.0. The predicted molar refractivity (Wildman–Crippen MR) is 156 cm³/mol. The normalized spacial score (nSPS) is 17.5. The Balaban J connectivity index is 1.39. The van der Waals surface area contributed by atoms with E-state index in [2.05, 4.69) is 13.8 Å². The second kappa shape index (κ2) is 14.7. The second-order valence-corrected chi connectivity index (χ2v) is 11.1. The summed E-state index contributed by atoms with van der Waals surface area (Å²) in [5.74, 6) is -1.49. The molecule has 1 fully saturated rings. The van der Waals surface area contributed by atoms with Crippen molar-refractivity contribution in [1.29, 1.82) is 0 Å². The van der Waals surface area contributed by atoms with Crippen LogP contribution >= 0.6 is 0 Å². The third kappa shape index (κ3) is 7.75. The van der Waals surface area contributed by atoms with Gasteiger partial charge < -0.3 is 4.74 Å². The highest BCUT2D eigenvalue weighted by Gasteiger charge is 2.25. The summed E-state index contributed by atoms with van der Waals surface area (Å²) in [6.45, 7) is 5.14. The molecule has 4 rings (SSSR count). The number of hydrogen-bond acceptors (Lipinski definition) is 1. The van der Waals surface area contributed by atoms with Crippen molar-refractivity contribution < 1.29 is 17.9 Å². The Morgan fingerprint density at radius 1 is 0.667 bits per heavy atom. The lowest BCUT2D eigenvalue weighted by Gasteiger charge is -2.29. The SMILES string of the molecule is CCCCCCCc1ccc(-c2ccc(-c3ccc(C4CCC(OCCCC)CC4)c(F)c3)cc2)c(F)c1F. The molecule has 210 valence electrons. The van der Waals surface area contributed by atoms with Crippen LogP contribution in [0.5, 0.6) is 0 Å². The Bertz CT molecular complexity index is 1180. The highest BCUT2D eigenvalue weighted by Crippen LogP contribution is 2.37. The predicted octanol–water partition coefficient (Wildman–Crippen LogP) is 10.8. The summed E-state index contributed by atoms with van der Waals surface area (Å²) >= 11 is 0. The molecule has 0 radical (unpaired) electrons. The van der Waals surface area contributed by atoms with Crippen LogP contribution in [0.3, 0.4) is 0 Å². The Morgan fingerprint density at radius 2 is 1.33 bits per heavy atom. The number of unbranched alkanes of at least 4 members (excludes halogenated alkanes) is 5. The molecule has 0 atom stereocenters. The number of benzene rings is 3. The van der Waals surface area contributed by atoms with Gasteiger partial charge in [-0.1, -0.05) is 94.5 Å². The average Bonchev–Trinajstić information content (AvgIpc) is 2.96. The van der Waals surface area contributed by atoms with Gasteiger partial charge in [-0.25, -0.2) is 13.2 Å². The molecule has 0 heterocycles. The molecule has 39 heavy (non-hydrogen) atoms. The van der Waals surface area contributed by atoms with Crippen molar-refractivity contribution in [1.82, 2.24) is 0 Å². The average molecular weight is 537 g/mol. The molecule has 1 saturated carbocycles. The lowest BCUT2D eigenvalue weighted by molar-refractivity contribution is 0.0230. The molecular weight excluding hydrogens is 493 g/mol. The van der Waals surface area contributed by atoms with Crippen molar-refractivity contribution in [3.63, 3.8) is 0 Å². The Morgan fingerprint density at radius 3 is 2.03 bits per heavy atom. The van der Waals surface area contributed by atoms with E-state index in [0.717, 1.165) is 87.5 Å². The quantitative estimate of drug-likeness (QED) is 0.197. The monoisotopic (exact) mass is 536 g/mol. The van der Waals surface area contributed by atoms with Crippen molar-refractivity contribution in [2.24, 2.45) is 0 Å². The zero-order valence-corrected chi connectivity index (χ0v) is 23.6. The maximum atomic E-state index is 15.2. The molecule has 0 bridgehead atoms. The van der Waals surface area contributed by atoms with Crippen molar-refractivity contribution in [2.75, 3.05) is 6.61 Å². The minimum atomic E-state index is -0.797. The molecule has 1 aliphatic rings. The molecule has 0 aliphatic heterocycles. The largest absolute Gasteiger partial charge is 0.378 e. The molecule has 1 nitrogen and oxygen atoms in total. The molecular formula is C35H43F3O. The van der Waals surface area contributed by atoms with Gasteiger partial charge in [0.1, 0.15) is 5.82 Å². The fourth-order valence-corrected chi connectivity index (χ4v) is 5.74. The molecule has 1 aliphatic carbocycles. The lowest BCUT2D eigenvalue weighted by atomic mass is 9.82. The van der Waals surface area contributed by atoms with Gasteiger partial charge in [0.15, 0.2) is 11.6 Å². The fraction of sp³-hybridized carbons (Fsp3) is 0.486. The van der Waals surface area contributed by atoms with Crippen LogP contribution in [0.2, 0.25) is 0 Å². The van der Waals surface area contributed by atoms with Crippen molar-refractivity contribution in [3.8, 4) is 22.3 Å². The van der Waals surface area contributed by atoms with Crippen LogP contribution in [0.25, 0.3) is 22.3 Å². The Kier molecular flexibility index (Phi) is 11.1. The zero-order chi connectivity index (χ0) is 27.6. The van der Waals surface area contributed by atoms with Crippen molar-refractivity contribution in [3.05, 3.63) is 83.2 Å². The molecule has 0 unspecified atom stereocenters. The molecule has 0 N–H and O–H groups in total. The minimum absolute atomic E-state index is 0.176. The summed E-state index contributed by atoms with van der Waals surface area (Å²) in [5, 5.41) is 0. The first-order valence-corrected chi connectivity index (χ1v) is 15.0. The van der Waals surface area contributed by atoms with Crippen LogP contribution in [0.1, 0.15) is 102 Å². The second-order valence-electron chi connectivity index (χ2n) is 11.1. The van der Waals surface area contributed by atoms with Crippen molar-refractivity contribution >= 4 is 0 Å². The molecule has 3 aromatic rings. The van der Waals surface area contributed by atoms with Gasteiger partial charge in [0.05, 0.1) is 6.10 Å². The van der Waals surface area contributed by atoms with E-state index >= 15 is 4.39 Å². The molecule has 0 spiro atoms. The number of hydrogen-bond donors (Lipinski definition) is 0. The van der Waals surface area contributed by atoms with E-state index in [-0.39, 0.29) is 17.3 Å². The number of aryl methyl sites for hydroxylation is 1. The van der Waals surface area contributed by atoms with Crippen molar-refractivity contribution in [2.45, 2.75) is 103 Å². The summed E-state index contributed by atoms with van der Waals surface area (Å²) in [4.78, 5) is 0. The van der Waals surface area contributed by atoms with Gasteiger partial charge in [-0.2, -0.15) is 0 Å². The van der Waals surface area contributed by atoms with Crippen LogP contribution in [-0.2, 0) is 11.2 Å². The first-order chi connectivity index (χ1) is 19.0. The smallest absolute Gasteiger partial charge is 0.166 e. The van der Waals surface area contributed by atoms with Gasteiger partial charge in [-0.3, -0.25) is 0 Å². The van der Waals surface area contributed by atoms with E-state index in [1.54, 1.807) is 30.3 Å². The topological polar surface area (TPSA) is 9.23 Å².